The Bertz CT molecular complexity index is 1830. The minimum Gasteiger partial charge on any atom is -0.361 e. The Kier molecular flexibility index (Phi) is 12.1. The first-order valence-electron chi connectivity index (χ1n) is 16.9. The first kappa shape index (κ1) is 34.1. The Morgan fingerprint density at radius 2 is 1.92 bits per heavy atom. The van der Waals surface area contributed by atoms with Gasteiger partial charge >= 0.3 is 0 Å². The van der Waals surface area contributed by atoms with Gasteiger partial charge in [0.05, 0.1) is 0 Å². The van der Waals surface area contributed by atoms with Gasteiger partial charge in [0.25, 0.3) is 0 Å². The molecule has 4 nitrogen and oxygen atoms in total. The Morgan fingerprint density at radius 1 is 1.08 bits per heavy atom. The van der Waals surface area contributed by atoms with E-state index in [2.05, 4.69) is 157 Å². The van der Waals surface area contributed by atoms with Crippen LogP contribution < -0.4 is 10.2 Å². The summed E-state index contributed by atoms with van der Waals surface area (Å²) < 4.78 is 0. The van der Waals surface area contributed by atoms with Gasteiger partial charge in [0.15, 0.2) is 0 Å². The second-order valence-corrected chi connectivity index (χ2v) is 12.4. The van der Waals surface area contributed by atoms with E-state index in [4.69, 9.17) is 0 Å². The quantitative estimate of drug-likeness (QED) is 0.116. The van der Waals surface area contributed by atoms with Crippen LogP contribution in [0, 0.1) is 0 Å². The summed E-state index contributed by atoms with van der Waals surface area (Å²) in [6.07, 6.45) is 31.7. The smallest absolute Gasteiger partial charge is 0.0485 e. The number of pyridine rings is 1. The van der Waals surface area contributed by atoms with Gasteiger partial charge in [-0.25, -0.2) is 0 Å². The van der Waals surface area contributed by atoms with Crippen LogP contribution in [0.3, 0.4) is 0 Å². The third kappa shape index (κ3) is 8.98. The molecular weight excluding hydrogens is 585 g/mol. The van der Waals surface area contributed by atoms with Gasteiger partial charge in [-0.05, 0) is 87.4 Å². The maximum Gasteiger partial charge on any atom is 0.0485 e. The minimum atomic E-state index is 0.272. The third-order valence-electron chi connectivity index (χ3n) is 8.93. The highest BCUT2D eigenvalue weighted by atomic mass is 15.2. The molecule has 0 spiro atoms. The molecule has 2 heterocycles. The van der Waals surface area contributed by atoms with E-state index in [1.165, 1.54) is 39.1 Å². The van der Waals surface area contributed by atoms with E-state index in [1.807, 2.05) is 31.7 Å². The van der Waals surface area contributed by atoms with Crippen LogP contribution >= 0.6 is 0 Å². The van der Waals surface area contributed by atoms with Crippen molar-refractivity contribution in [1.82, 2.24) is 4.98 Å². The number of hydrogen-bond donors (Lipinski definition) is 1. The molecule has 0 saturated heterocycles. The van der Waals surface area contributed by atoms with E-state index >= 15 is 0 Å². The van der Waals surface area contributed by atoms with E-state index in [-0.39, 0.29) is 6.04 Å². The second-order valence-electron chi connectivity index (χ2n) is 12.4. The van der Waals surface area contributed by atoms with Crippen molar-refractivity contribution in [1.29, 1.82) is 0 Å². The molecule has 2 aliphatic rings. The Labute approximate surface area is 287 Å². The van der Waals surface area contributed by atoms with Crippen LogP contribution in [0.1, 0.15) is 56.7 Å². The average Bonchev–Trinajstić information content (AvgIpc) is 3.33. The molecule has 1 unspecified atom stereocenters. The number of aromatic nitrogens is 1. The molecule has 2 aromatic carbocycles. The number of nitrogens with zero attached hydrogens (tertiary/aromatic N) is 3. The van der Waals surface area contributed by atoms with E-state index in [0.717, 1.165) is 54.7 Å². The van der Waals surface area contributed by atoms with Crippen molar-refractivity contribution in [3.8, 4) is 0 Å². The van der Waals surface area contributed by atoms with Crippen molar-refractivity contribution in [3.63, 3.8) is 0 Å². The van der Waals surface area contributed by atoms with Crippen molar-refractivity contribution in [3.05, 3.63) is 168 Å². The molecule has 0 bridgehead atoms. The zero-order valence-electron chi connectivity index (χ0n) is 28.9. The van der Waals surface area contributed by atoms with Crippen LogP contribution in [-0.2, 0) is 6.42 Å². The molecule has 1 aliphatic carbocycles. The van der Waals surface area contributed by atoms with Crippen molar-refractivity contribution in [2.24, 2.45) is 4.99 Å². The van der Waals surface area contributed by atoms with E-state index in [0.29, 0.717) is 0 Å². The lowest BCUT2D eigenvalue weighted by Crippen LogP contribution is -2.35. The van der Waals surface area contributed by atoms with Crippen LogP contribution in [0.4, 0.5) is 17.1 Å². The monoisotopic (exact) mass is 632 g/mol. The number of hydrogen-bond acceptors (Lipinski definition) is 4. The second kappa shape index (κ2) is 17.1. The summed E-state index contributed by atoms with van der Waals surface area (Å²) in [5, 5.41) is 3.60. The molecule has 5 rings (SSSR count). The molecule has 0 fully saturated rings. The van der Waals surface area contributed by atoms with Gasteiger partial charge in [0.1, 0.15) is 0 Å². The molecule has 4 heteroatoms. The van der Waals surface area contributed by atoms with Crippen LogP contribution in [-0.4, -0.2) is 30.8 Å². The predicted molar refractivity (Wildman–Crippen MR) is 209 cm³/mol. The summed E-state index contributed by atoms with van der Waals surface area (Å²) in [4.78, 5) is 11.0. The van der Waals surface area contributed by atoms with Gasteiger partial charge in [-0.3, -0.25) is 9.98 Å². The summed E-state index contributed by atoms with van der Waals surface area (Å²) in [6.45, 7) is 11.3. The number of allylic oxidation sites excluding steroid dienone is 13. The van der Waals surface area contributed by atoms with Crippen molar-refractivity contribution >= 4 is 34.4 Å². The summed E-state index contributed by atoms with van der Waals surface area (Å²) >= 11 is 0. The van der Waals surface area contributed by atoms with Gasteiger partial charge in [-0.1, -0.05) is 109 Å². The zero-order chi connectivity index (χ0) is 33.7. The minimum absolute atomic E-state index is 0.272. The highest BCUT2D eigenvalue weighted by molar-refractivity contribution is 6.13. The third-order valence-corrected chi connectivity index (χ3v) is 8.93. The number of fused-ring (bicyclic) bond motifs is 1. The summed E-state index contributed by atoms with van der Waals surface area (Å²) in [7, 11) is 1.81. The zero-order valence-corrected chi connectivity index (χ0v) is 28.9. The maximum absolute atomic E-state index is 4.36. The van der Waals surface area contributed by atoms with Crippen LogP contribution in [0.15, 0.2) is 156 Å². The number of rotatable bonds is 13. The lowest BCUT2D eigenvalue weighted by molar-refractivity contribution is 0.774. The SMILES string of the molecule is C=C/C=C(\C/C=C\CN1c2ccncc2C(C=NC)=CC1C)CC1=CC=C(Cc2ccc(Nc3ccccc3/C(C)=C/C)cc2)C=CC1. The van der Waals surface area contributed by atoms with Crippen molar-refractivity contribution in [2.45, 2.75) is 52.5 Å². The average molecular weight is 633 g/mol. The highest BCUT2D eigenvalue weighted by Gasteiger charge is 2.22. The maximum atomic E-state index is 4.36. The molecule has 1 N–H and O–H groups in total. The molecule has 244 valence electrons. The molecule has 1 aliphatic heterocycles. The Morgan fingerprint density at radius 3 is 2.71 bits per heavy atom. The highest BCUT2D eigenvalue weighted by Crippen LogP contribution is 2.33. The Hall–Kier alpha value is -5.22. The fourth-order valence-electron chi connectivity index (χ4n) is 6.26. The van der Waals surface area contributed by atoms with Gasteiger partial charge in [0, 0.05) is 72.0 Å². The van der Waals surface area contributed by atoms with E-state index in [1.54, 1.807) is 0 Å². The van der Waals surface area contributed by atoms with Gasteiger partial charge < -0.3 is 10.2 Å². The fraction of sp³-hybridized carbons (Fsp3) is 0.227. The number of aliphatic imine (C=N–C) groups is 1. The van der Waals surface area contributed by atoms with Gasteiger partial charge in [0.2, 0.25) is 0 Å². The van der Waals surface area contributed by atoms with Crippen molar-refractivity contribution < 1.29 is 0 Å². The van der Waals surface area contributed by atoms with E-state index in [9.17, 15) is 0 Å². The van der Waals surface area contributed by atoms with Crippen LogP contribution in [0.2, 0.25) is 0 Å². The molecule has 0 radical (unpaired) electrons. The first-order valence-corrected chi connectivity index (χ1v) is 16.9. The van der Waals surface area contributed by atoms with Gasteiger partial charge in [-0.15, -0.1) is 0 Å². The fourth-order valence-corrected chi connectivity index (χ4v) is 6.26. The van der Waals surface area contributed by atoms with E-state index < -0.39 is 0 Å². The number of para-hydroxylation sites is 1. The predicted octanol–water partition coefficient (Wildman–Crippen LogP) is 11.0. The topological polar surface area (TPSA) is 40.5 Å². The molecule has 3 aromatic rings. The number of benzene rings is 2. The van der Waals surface area contributed by atoms with Crippen LogP contribution in [0.25, 0.3) is 11.1 Å². The molecular formula is C44H48N4. The summed E-state index contributed by atoms with van der Waals surface area (Å²) in [5.41, 5.74) is 13.6. The van der Waals surface area contributed by atoms with Crippen molar-refractivity contribution in [2.75, 3.05) is 23.8 Å². The molecule has 1 aromatic heterocycles. The number of anilines is 3. The van der Waals surface area contributed by atoms with Crippen LogP contribution in [0.5, 0.6) is 0 Å². The lowest BCUT2D eigenvalue weighted by atomic mass is 9.97. The molecule has 0 amide bonds. The Balaban J connectivity index is 1.17. The normalized spacial score (nSPS) is 16.8. The lowest BCUT2D eigenvalue weighted by Gasteiger charge is -2.34. The largest absolute Gasteiger partial charge is 0.361 e. The number of nitrogens with one attached hydrogen (secondary N) is 1. The summed E-state index contributed by atoms with van der Waals surface area (Å²) in [5.74, 6) is 0. The molecule has 1 atom stereocenters. The molecule has 0 saturated carbocycles. The molecule has 48 heavy (non-hydrogen) atoms. The summed E-state index contributed by atoms with van der Waals surface area (Å²) in [6, 6.07) is 19.6. The standard InChI is InChI=1S/C44H48N4/c1-6-13-35(14-10-11-27-48-34(4)28-39(31-45-5)42-32-46-26-25-44(42)48)29-36-15-12-16-37(20-19-36)30-38-21-23-40(24-22-38)47-43-18-9-8-17-41(43)33(3)7-2/h6-13,16-26,28,31-32,34,47H,1,14-15,27,29-30H2,2-5H3/b11-10-,33-7+,35-13+,45-31?. The van der Waals surface area contributed by atoms with Gasteiger partial charge in [-0.2, -0.15) is 0 Å². The first-order chi connectivity index (χ1) is 23.5.